The van der Waals surface area contributed by atoms with Crippen LogP contribution in [0, 0.1) is 18.7 Å². The fourth-order valence-corrected chi connectivity index (χ4v) is 1.56. The highest BCUT2D eigenvalue weighted by atomic mass is 19.1. The highest BCUT2D eigenvalue weighted by molar-refractivity contribution is 6.07. The summed E-state index contributed by atoms with van der Waals surface area (Å²) >= 11 is 0. The first-order chi connectivity index (χ1) is 7.88. The van der Waals surface area contributed by atoms with Gasteiger partial charge in [-0.25, -0.2) is 9.18 Å². The van der Waals surface area contributed by atoms with Gasteiger partial charge in [0.1, 0.15) is 11.4 Å². The highest BCUT2D eigenvalue weighted by Crippen LogP contribution is 2.20. The Bertz CT molecular complexity index is 464. The Morgan fingerprint density at radius 3 is 2.35 bits per heavy atom. The van der Waals surface area contributed by atoms with Crippen LogP contribution in [-0.2, 0) is 4.74 Å². The summed E-state index contributed by atoms with van der Waals surface area (Å²) in [5.74, 6) is -2.13. The van der Waals surface area contributed by atoms with Crippen LogP contribution < -0.4 is 0 Å². The number of benzene rings is 1. The molecule has 0 saturated carbocycles. The molecular weight excluding hydrogens is 223 g/mol. The number of Topliss-reactive ketones (excluding diaryl/α,β-unsaturated/α-hetero) is 1. The van der Waals surface area contributed by atoms with Gasteiger partial charge in [-0.2, -0.15) is 0 Å². The minimum Gasteiger partial charge on any atom is -0.465 e. The first-order valence-corrected chi connectivity index (χ1v) is 5.31. The SMILES string of the molecule is COC(=O)c1c(F)cc(C)cc1C(=O)C(C)C. The third-order valence-corrected chi connectivity index (χ3v) is 2.41. The predicted molar refractivity (Wildman–Crippen MR) is 61.6 cm³/mol. The van der Waals surface area contributed by atoms with Gasteiger partial charge in [0.25, 0.3) is 0 Å². The van der Waals surface area contributed by atoms with Gasteiger partial charge in [0.05, 0.1) is 7.11 Å². The lowest BCUT2D eigenvalue weighted by Gasteiger charge is -2.11. The molecule has 1 aromatic carbocycles. The van der Waals surface area contributed by atoms with Crippen LogP contribution in [0.2, 0.25) is 0 Å². The van der Waals surface area contributed by atoms with Crippen LogP contribution in [0.3, 0.4) is 0 Å². The number of methoxy groups -OCH3 is 1. The van der Waals surface area contributed by atoms with Crippen LogP contribution in [0.1, 0.15) is 40.1 Å². The fourth-order valence-electron chi connectivity index (χ4n) is 1.56. The van der Waals surface area contributed by atoms with Crippen molar-refractivity contribution in [2.45, 2.75) is 20.8 Å². The van der Waals surface area contributed by atoms with E-state index in [-0.39, 0.29) is 22.8 Å². The number of ketones is 1. The molecule has 1 aromatic rings. The number of aryl methyl sites for hydroxylation is 1. The summed E-state index contributed by atoms with van der Waals surface area (Å²) in [4.78, 5) is 23.4. The van der Waals surface area contributed by atoms with Gasteiger partial charge >= 0.3 is 5.97 Å². The summed E-state index contributed by atoms with van der Waals surface area (Å²) in [6.45, 7) is 5.06. The summed E-state index contributed by atoms with van der Waals surface area (Å²) < 4.78 is 18.2. The first-order valence-electron chi connectivity index (χ1n) is 5.31. The number of carbonyl (C=O) groups is 2. The number of esters is 1. The molecule has 17 heavy (non-hydrogen) atoms. The second-order valence-corrected chi connectivity index (χ2v) is 4.18. The van der Waals surface area contributed by atoms with Crippen LogP contribution in [-0.4, -0.2) is 18.9 Å². The van der Waals surface area contributed by atoms with Gasteiger partial charge in [0, 0.05) is 11.5 Å². The molecule has 0 fully saturated rings. The smallest absolute Gasteiger partial charge is 0.341 e. The van der Waals surface area contributed by atoms with E-state index in [9.17, 15) is 14.0 Å². The molecule has 0 spiro atoms. The molecule has 0 aliphatic heterocycles. The normalized spacial score (nSPS) is 10.5. The Kier molecular flexibility index (Phi) is 3.99. The van der Waals surface area contributed by atoms with E-state index in [0.29, 0.717) is 5.56 Å². The average Bonchev–Trinajstić information content (AvgIpc) is 2.25. The van der Waals surface area contributed by atoms with Crippen molar-refractivity contribution in [3.05, 3.63) is 34.6 Å². The quantitative estimate of drug-likeness (QED) is 0.600. The van der Waals surface area contributed by atoms with E-state index < -0.39 is 11.8 Å². The third kappa shape index (κ3) is 2.70. The molecule has 0 saturated heterocycles. The number of halogens is 1. The van der Waals surface area contributed by atoms with E-state index >= 15 is 0 Å². The van der Waals surface area contributed by atoms with E-state index in [1.807, 2.05) is 0 Å². The molecule has 0 amide bonds. The Morgan fingerprint density at radius 2 is 1.88 bits per heavy atom. The molecule has 0 heterocycles. The molecule has 4 heteroatoms. The standard InChI is InChI=1S/C13H15FO3/c1-7(2)12(15)9-5-8(3)6-10(14)11(9)13(16)17-4/h5-7H,1-4H3. The maximum absolute atomic E-state index is 13.7. The van der Waals surface area contributed by atoms with E-state index in [2.05, 4.69) is 4.74 Å². The van der Waals surface area contributed by atoms with Gasteiger partial charge in [0.2, 0.25) is 0 Å². The average molecular weight is 238 g/mol. The Hall–Kier alpha value is -1.71. The first kappa shape index (κ1) is 13.4. The van der Waals surface area contributed by atoms with Crippen LogP contribution >= 0.6 is 0 Å². The second kappa shape index (κ2) is 5.08. The summed E-state index contributed by atoms with van der Waals surface area (Å²) in [5.41, 5.74) is 0.403. The molecule has 0 atom stereocenters. The summed E-state index contributed by atoms with van der Waals surface area (Å²) in [6.07, 6.45) is 0. The molecule has 0 aliphatic carbocycles. The summed E-state index contributed by atoms with van der Waals surface area (Å²) in [7, 11) is 1.16. The monoisotopic (exact) mass is 238 g/mol. The van der Waals surface area contributed by atoms with Crippen molar-refractivity contribution in [3.8, 4) is 0 Å². The lowest BCUT2D eigenvalue weighted by atomic mass is 9.94. The van der Waals surface area contributed by atoms with E-state index in [1.165, 1.54) is 12.1 Å². The van der Waals surface area contributed by atoms with Gasteiger partial charge in [-0.05, 0) is 24.6 Å². The summed E-state index contributed by atoms with van der Waals surface area (Å²) in [6, 6.07) is 2.72. The molecule has 0 aliphatic rings. The lowest BCUT2D eigenvalue weighted by molar-refractivity contribution is 0.0591. The Morgan fingerprint density at radius 1 is 1.29 bits per heavy atom. The molecule has 0 bridgehead atoms. The van der Waals surface area contributed by atoms with E-state index in [0.717, 1.165) is 7.11 Å². The highest BCUT2D eigenvalue weighted by Gasteiger charge is 2.24. The maximum Gasteiger partial charge on any atom is 0.341 e. The number of ether oxygens (including phenoxy) is 1. The molecule has 0 aromatic heterocycles. The zero-order valence-corrected chi connectivity index (χ0v) is 10.3. The van der Waals surface area contributed by atoms with Crippen LogP contribution in [0.25, 0.3) is 0 Å². The van der Waals surface area contributed by atoms with Crippen molar-refractivity contribution < 1.29 is 18.7 Å². The van der Waals surface area contributed by atoms with Gasteiger partial charge in [-0.3, -0.25) is 4.79 Å². The minimum atomic E-state index is -0.827. The topological polar surface area (TPSA) is 43.4 Å². The van der Waals surface area contributed by atoms with Crippen LogP contribution in [0.4, 0.5) is 4.39 Å². The van der Waals surface area contributed by atoms with Crippen molar-refractivity contribution >= 4 is 11.8 Å². The van der Waals surface area contributed by atoms with Crippen molar-refractivity contribution in [1.29, 1.82) is 0 Å². The fraction of sp³-hybridized carbons (Fsp3) is 0.385. The van der Waals surface area contributed by atoms with Crippen molar-refractivity contribution in [2.75, 3.05) is 7.11 Å². The predicted octanol–water partition coefficient (Wildman–Crippen LogP) is 2.76. The molecule has 0 unspecified atom stereocenters. The van der Waals surface area contributed by atoms with Crippen molar-refractivity contribution in [2.24, 2.45) is 5.92 Å². The third-order valence-electron chi connectivity index (χ3n) is 2.41. The second-order valence-electron chi connectivity index (χ2n) is 4.18. The minimum absolute atomic E-state index is 0.0874. The number of rotatable bonds is 3. The maximum atomic E-state index is 13.7. The van der Waals surface area contributed by atoms with Gasteiger partial charge in [-0.1, -0.05) is 13.8 Å². The Balaban J connectivity index is 3.45. The van der Waals surface area contributed by atoms with Crippen molar-refractivity contribution in [1.82, 2.24) is 0 Å². The number of carbonyl (C=O) groups excluding carboxylic acids is 2. The zero-order chi connectivity index (χ0) is 13.2. The molecule has 3 nitrogen and oxygen atoms in total. The van der Waals surface area contributed by atoms with Crippen molar-refractivity contribution in [3.63, 3.8) is 0 Å². The van der Waals surface area contributed by atoms with E-state index in [4.69, 9.17) is 0 Å². The van der Waals surface area contributed by atoms with Crippen LogP contribution in [0.5, 0.6) is 0 Å². The summed E-state index contributed by atoms with van der Waals surface area (Å²) in [5, 5.41) is 0. The molecule has 1 rings (SSSR count). The van der Waals surface area contributed by atoms with Gasteiger partial charge < -0.3 is 4.74 Å². The number of hydrogen-bond acceptors (Lipinski definition) is 3. The molecule has 92 valence electrons. The van der Waals surface area contributed by atoms with Gasteiger partial charge in [0.15, 0.2) is 5.78 Å². The number of hydrogen-bond donors (Lipinski definition) is 0. The molecular formula is C13H15FO3. The molecule has 0 N–H and O–H groups in total. The van der Waals surface area contributed by atoms with Gasteiger partial charge in [-0.15, -0.1) is 0 Å². The lowest BCUT2D eigenvalue weighted by Crippen LogP contribution is -2.16. The van der Waals surface area contributed by atoms with E-state index in [1.54, 1.807) is 20.8 Å². The molecule has 0 radical (unpaired) electrons. The zero-order valence-electron chi connectivity index (χ0n) is 10.3. The Labute approximate surface area is 99.6 Å². The van der Waals surface area contributed by atoms with Crippen LogP contribution in [0.15, 0.2) is 12.1 Å². The largest absolute Gasteiger partial charge is 0.465 e.